The van der Waals surface area contributed by atoms with E-state index in [1.54, 1.807) is 0 Å². The average molecular weight is 355 g/mol. The van der Waals surface area contributed by atoms with Crippen molar-refractivity contribution >= 4 is 11.7 Å². The number of nitrogens with one attached hydrogen (secondary N) is 1. The zero-order chi connectivity index (χ0) is 18.4. The number of benzene rings is 1. The van der Waals surface area contributed by atoms with Crippen LogP contribution in [0.3, 0.4) is 0 Å². The Morgan fingerprint density at radius 1 is 1.15 bits per heavy atom. The number of carbonyl (C=O) groups is 1. The number of methoxy groups -OCH3 is 1. The van der Waals surface area contributed by atoms with E-state index in [4.69, 9.17) is 10.00 Å². The molecule has 1 aromatic carbocycles. The second-order valence-electron chi connectivity index (χ2n) is 7.57. The molecule has 2 aliphatic rings. The molecule has 1 saturated carbocycles. The van der Waals surface area contributed by atoms with Gasteiger partial charge < -0.3 is 15.0 Å². The highest BCUT2D eigenvalue weighted by molar-refractivity contribution is 5.72. The van der Waals surface area contributed by atoms with E-state index in [0.717, 1.165) is 56.8 Å². The van der Waals surface area contributed by atoms with Gasteiger partial charge in [0.1, 0.15) is 0 Å². The van der Waals surface area contributed by atoms with Crippen LogP contribution in [-0.2, 0) is 9.53 Å². The first-order valence-electron chi connectivity index (χ1n) is 9.76. The summed E-state index contributed by atoms with van der Waals surface area (Å²) in [6, 6.07) is 10.6. The Hall–Kier alpha value is -2.06. The summed E-state index contributed by atoms with van der Waals surface area (Å²) in [4.78, 5) is 14.0. The maximum atomic E-state index is 11.6. The number of piperidine rings is 1. The van der Waals surface area contributed by atoms with Crippen LogP contribution >= 0.6 is 0 Å². The van der Waals surface area contributed by atoms with Gasteiger partial charge in [-0.1, -0.05) is 0 Å². The Morgan fingerprint density at radius 2 is 1.81 bits per heavy atom. The molecule has 1 saturated heterocycles. The Morgan fingerprint density at radius 3 is 2.38 bits per heavy atom. The predicted octanol–water partition coefficient (Wildman–Crippen LogP) is 3.10. The molecule has 5 nitrogen and oxygen atoms in total. The molecule has 26 heavy (non-hydrogen) atoms. The zero-order valence-corrected chi connectivity index (χ0v) is 15.6. The first kappa shape index (κ1) is 18.7. The van der Waals surface area contributed by atoms with E-state index >= 15 is 0 Å². The van der Waals surface area contributed by atoms with Crippen LogP contribution in [0.4, 0.5) is 5.69 Å². The van der Waals surface area contributed by atoms with Crippen molar-refractivity contribution in [2.75, 3.05) is 31.6 Å². The summed E-state index contributed by atoms with van der Waals surface area (Å²) in [5.74, 6) is 0.787. The molecule has 2 fully saturated rings. The maximum Gasteiger partial charge on any atom is 0.308 e. The highest BCUT2D eigenvalue weighted by atomic mass is 16.5. The van der Waals surface area contributed by atoms with Gasteiger partial charge in [0.25, 0.3) is 0 Å². The van der Waals surface area contributed by atoms with Crippen molar-refractivity contribution in [1.82, 2.24) is 5.32 Å². The van der Waals surface area contributed by atoms with Gasteiger partial charge in [0.15, 0.2) is 0 Å². The van der Waals surface area contributed by atoms with Gasteiger partial charge in [-0.15, -0.1) is 0 Å². The summed E-state index contributed by atoms with van der Waals surface area (Å²) in [5, 5.41) is 12.6. The maximum absolute atomic E-state index is 11.6. The second kappa shape index (κ2) is 9.05. The number of nitriles is 1. The molecule has 0 unspecified atom stereocenters. The van der Waals surface area contributed by atoms with E-state index in [9.17, 15) is 4.79 Å². The molecule has 140 valence electrons. The Labute approximate surface area is 156 Å². The van der Waals surface area contributed by atoms with Gasteiger partial charge in [-0.2, -0.15) is 5.26 Å². The lowest BCUT2D eigenvalue weighted by Crippen LogP contribution is -2.41. The molecular formula is C21H29N3O2. The molecule has 0 bridgehead atoms. The zero-order valence-electron chi connectivity index (χ0n) is 15.6. The Balaban J connectivity index is 1.37. The van der Waals surface area contributed by atoms with Gasteiger partial charge in [-0.25, -0.2) is 0 Å². The Bertz CT molecular complexity index is 622. The molecule has 0 aromatic heterocycles. The number of anilines is 1. The molecule has 1 heterocycles. The van der Waals surface area contributed by atoms with E-state index in [-0.39, 0.29) is 11.9 Å². The van der Waals surface area contributed by atoms with Gasteiger partial charge in [0.05, 0.1) is 24.7 Å². The third kappa shape index (κ3) is 4.76. The highest BCUT2D eigenvalue weighted by Gasteiger charge is 2.27. The number of nitrogens with zero attached hydrogens (tertiary/aromatic N) is 2. The summed E-state index contributed by atoms with van der Waals surface area (Å²) >= 11 is 0. The molecule has 1 aliphatic carbocycles. The largest absolute Gasteiger partial charge is 0.469 e. The normalized spacial score (nSPS) is 24.1. The van der Waals surface area contributed by atoms with Gasteiger partial charge in [0.2, 0.25) is 0 Å². The van der Waals surface area contributed by atoms with Gasteiger partial charge >= 0.3 is 5.97 Å². The van der Waals surface area contributed by atoms with Gasteiger partial charge in [0, 0.05) is 24.8 Å². The first-order chi connectivity index (χ1) is 12.7. The SMILES string of the molecule is COC(=O)C1CCC(NCC2CCN(c3ccc(C#N)cc3)CC2)CC1. The van der Waals surface area contributed by atoms with Gasteiger partial charge in [-0.05, 0) is 75.3 Å². The van der Waals surface area contributed by atoms with Crippen molar-refractivity contribution in [3.63, 3.8) is 0 Å². The number of esters is 1. The fraction of sp³-hybridized carbons (Fsp3) is 0.619. The third-order valence-electron chi connectivity index (χ3n) is 5.93. The van der Waals surface area contributed by atoms with Crippen LogP contribution in [0.2, 0.25) is 0 Å². The predicted molar refractivity (Wildman–Crippen MR) is 102 cm³/mol. The molecule has 0 spiro atoms. The van der Waals surface area contributed by atoms with Crippen molar-refractivity contribution in [1.29, 1.82) is 5.26 Å². The number of carbonyl (C=O) groups excluding carboxylic acids is 1. The number of hydrogen-bond acceptors (Lipinski definition) is 5. The van der Waals surface area contributed by atoms with E-state index in [0.29, 0.717) is 6.04 Å². The summed E-state index contributed by atoms with van der Waals surface area (Å²) in [7, 11) is 1.48. The van der Waals surface area contributed by atoms with E-state index < -0.39 is 0 Å². The average Bonchev–Trinajstić information content (AvgIpc) is 2.72. The topological polar surface area (TPSA) is 65.4 Å². The molecule has 3 rings (SSSR count). The van der Waals surface area contributed by atoms with Crippen LogP contribution < -0.4 is 10.2 Å². The molecular weight excluding hydrogens is 326 g/mol. The summed E-state index contributed by atoms with van der Waals surface area (Å²) < 4.78 is 4.86. The monoisotopic (exact) mass is 355 g/mol. The van der Waals surface area contributed by atoms with Crippen molar-refractivity contribution in [2.24, 2.45) is 11.8 Å². The fourth-order valence-corrected chi connectivity index (χ4v) is 4.18. The lowest BCUT2D eigenvalue weighted by molar-refractivity contribution is -0.146. The number of ether oxygens (including phenoxy) is 1. The molecule has 0 radical (unpaired) electrons. The van der Waals surface area contributed by atoms with Crippen LogP contribution in [0.25, 0.3) is 0 Å². The smallest absolute Gasteiger partial charge is 0.308 e. The summed E-state index contributed by atoms with van der Waals surface area (Å²) in [5.41, 5.74) is 1.94. The Kier molecular flexibility index (Phi) is 6.51. The quantitative estimate of drug-likeness (QED) is 0.822. The molecule has 0 atom stereocenters. The van der Waals surface area contributed by atoms with Crippen LogP contribution in [0.1, 0.15) is 44.1 Å². The number of rotatable bonds is 5. The van der Waals surface area contributed by atoms with Crippen LogP contribution in [0.5, 0.6) is 0 Å². The summed E-state index contributed by atoms with van der Waals surface area (Å²) in [6.45, 7) is 3.23. The lowest BCUT2D eigenvalue weighted by atomic mass is 9.85. The summed E-state index contributed by atoms with van der Waals surface area (Å²) in [6.07, 6.45) is 6.44. The van der Waals surface area contributed by atoms with Crippen molar-refractivity contribution in [3.05, 3.63) is 29.8 Å². The van der Waals surface area contributed by atoms with E-state index in [1.165, 1.54) is 25.6 Å². The molecule has 0 amide bonds. The van der Waals surface area contributed by atoms with Crippen molar-refractivity contribution in [2.45, 2.75) is 44.6 Å². The minimum atomic E-state index is -0.0429. The third-order valence-corrected chi connectivity index (χ3v) is 5.93. The fourth-order valence-electron chi connectivity index (χ4n) is 4.18. The number of hydrogen-bond donors (Lipinski definition) is 1. The van der Waals surface area contributed by atoms with Crippen LogP contribution in [-0.4, -0.2) is 38.8 Å². The van der Waals surface area contributed by atoms with Crippen LogP contribution in [0.15, 0.2) is 24.3 Å². The van der Waals surface area contributed by atoms with Crippen molar-refractivity contribution in [3.8, 4) is 6.07 Å². The van der Waals surface area contributed by atoms with E-state index in [1.807, 2.05) is 12.1 Å². The molecule has 1 aromatic rings. The van der Waals surface area contributed by atoms with Crippen molar-refractivity contribution < 1.29 is 9.53 Å². The first-order valence-corrected chi connectivity index (χ1v) is 9.76. The molecule has 1 aliphatic heterocycles. The highest BCUT2D eigenvalue weighted by Crippen LogP contribution is 2.27. The lowest BCUT2D eigenvalue weighted by Gasteiger charge is -2.35. The minimum Gasteiger partial charge on any atom is -0.469 e. The van der Waals surface area contributed by atoms with E-state index in [2.05, 4.69) is 28.4 Å². The minimum absolute atomic E-state index is 0.0429. The van der Waals surface area contributed by atoms with Gasteiger partial charge in [-0.3, -0.25) is 4.79 Å². The molecule has 1 N–H and O–H groups in total. The van der Waals surface area contributed by atoms with Crippen LogP contribution in [0, 0.1) is 23.2 Å². The molecule has 5 heteroatoms. The standard InChI is InChI=1S/C21H29N3O2/c1-26-21(25)18-4-6-19(7-5-18)23-15-17-10-12-24(13-11-17)20-8-2-16(14-22)3-9-20/h2-3,8-9,17-19,23H,4-7,10-13,15H2,1H3. The second-order valence-corrected chi connectivity index (χ2v) is 7.57.